The highest BCUT2D eigenvalue weighted by Gasteiger charge is 2.47. The number of benzene rings is 1. The van der Waals surface area contributed by atoms with Crippen molar-refractivity contribution in [2.24, 2.45) is 0 Å². The number of aliphatic hydroxyl groups excluding tert-OH is 6. The molecule has 0 atom stereocenters. The molecule has 170 valence electrons. The molecule has 2 rings (SSSR count). The van der Waals surface area contributed by atoms with Gasteiger partial charge in [-0.25, -0.2) is 4.57 Å². The number of phenols is 1. The molecule has 1 aliphatic rings. The molecule has 0 amide bonds. The molecule has 0 spiro atoms. The SMILES string of the molecule is O=P(O)(O)O.O[C@H]1[C@H](O)[C@@H](O)[C@H](O)[C@@H](O)[C@H]1O.Oc1c(Cl)c(Cl)c(Cl)c(Cl)c1Cl. The van der Waals surface area contributed by atoms with Gasteiger partial charge in [0.05, 0.1) is 15.1 Å². The van der Waals surface area contributed by atoms with Gasteiger partial charge in [0.1, 0.15) is 46.7 Å². The molecule has 10 N–H and O–H groups in total. The highest BCUT2D eigenvalue weighted by atomic mass is 35.5. The summed E-state index contributed by atoms with van der Waals surface area (Å²) >= 11 is 27.9. The highest BCUT2D eigenvalue weighted by molar-refractivity contribution is 7.45. The number of aromatic hydroxyl groups is 1. The highest BCUT2D eigenvalue weighted by Crippen LogP contribution is 2.47. The van der Waals surface area contributed by atoms with Crippen LogP contribution in [0.2, 0.25) is 25.1 Å². The topological polar surface area (TPSA) is 219 Å². The third-order valence-corrected chi connectivity index (χ3v) is 5.54. The van der Waals surface area contributed by atoms with Crippen molar-refractivity contribution in [2.75, 3.05) is 0 Å². The largest absolute Gasteiger partial charge is 0.505 e. The molecule has 1 aromatic rings. The van der Waals surface area contributed by atoms with Gasteiger partial charge in [0.25, 0.3) is 0 Å². The summed E-state index contributed by atoms with van der Waals surface area (Å²) in [5.41, 5.74) is 0. The van der Waals surface area contributed by atoms with E-state index in [0.717, 1.165) is 0 Å². The Bertz CT molecular complexity index is 576. The molecule has 1 aromatic carbocycles. The van der Waals surface area contributed by atoms with Gasteiger partial charge in [-0.05, 0) is 0 Å². The molecule has 0 aliphatic heterocycles. The molecule has 11 nitrogen and oxygen atoms in total. The van der Waals surface area contributed by atoms with Crippen LogP contribution in [-0.2, 0) is 4.57 Å². The summed E-state index contributed by atoms with van der Waals surface area (Å²) in [6.07, 6.45) is -9.84. The van der Waals surface area contributed by atoms with Crippen molar-refractivity contribution in [3.05, 3.63) is 25.1 Å². The summed E-state index contributed by atoms with van der Waals surface area (Å²) in [6.45, 7) is 0. The molecule has 1 saturated carbocycles. The van der Waals surface area contributed by atoms with Crippen molar-refractivity contribution >= 4 is 65.8 Å². The second kappa shape index (κ2) is 11.8. The first kappa shape index (κ1) is 29.3. The smallest absolute Gasteiger partial charge is 0.466 e. The van der Waals surface area contributed by atoms with Crippen LogP contribution < -0.4 is 0 Å². The summed E-state index contributed by atoms with van der Waals surface area (Å²) in [5, 5.41) is 62.9. The van der Waals surface area contributed by atoms with Crippen LogP contribution in [0.5, 0.6) is 5.75 Å². The standard InChI is InChI=1S/C6HCl5O.C6H12O6.H3O4P/c2*7-1-2(8)4(10)6(12)5(11)3(1)9;1-5(2,3)4/h12H;1-12H;(H3,1,2,3,4)/t;1-,2-,3-,4+,5-,6-;. The fourth-order valence-electron chi connectivity index (χ4n) is 1.81. The number of hydrogen-bond donors (Lipinski definition) is 10. The molecule has 29 heavy (non-hydrogen) atoms. The van der Waals surface area contributed by atoms with Crippen molar-refractivity contribution in [2.45, 2.75) is 36.6 Å². The average molecular weight is 544 g/mol. The summed E-state index contributed by atoms with van der Waals surface area (Å²) < 4.78 is 8.88. The van der Waals surface area contributed by atoms with Gasteiger partial charge < -0.3 is 50.4 Å². The zero-order valence-corrected chi connectivity index (χ0v) is 18.4. The predicted octanol–water partition coefficient (Wildman–Crippen LogP) is -0.104. The number of aliphatic hydroxyl groups is 6. The summed E-state index contributed by atoms with van der Waals surface area (Å²) in [4.78, 5) is 21.6. The van der Waals surface area contributed by atoms with Crippen LogP contribution in [0.15, 0.2) is 0 Å². The average Bonchev–Trinajstić information content (AvgIpc) is 2.64. The van der Waals surface area contributed by atoms with Crippen LogP contribution >= 0.6 is 65.8 Å². The van der Waals surface area contributed by atoms with E-state index >= 15 is 0 Å². The lowest BCUT2D eigenvalue weighted by molar-refractivity contribution is -0.223. The first-order chi connectivity index (χ1) is 12.9. The minimum absolute atomic E-state index is 0.00904. The quantitative estimate of drug-likeness (QED) is 0.118. The van der Waals surface area contributed by atoms with E-state index in [-0.39, 0.29) is 30.9 Å². The van der Waals surface area contributed by atoms with Crippen LogP contribution in [0.3, 0.4) is 0 Å². The van der Waals surface area contributed by atoms with Crippen molar-refractivity contribution in [1.82, 2.24) is 0 Å². The molecule has 0 radical (unpaired) electrons. The maximum Gasteiger partial charge on any atom is 0.466 e. The van der Waals surface area contributed by atoms with Crippen molar-refractivity contribution in [3.63, 3.8) is 0 Å². The van der Waals surface area contributed by atoms with Gasteiger partial charge >= 0.3 is 7.82 Å². The normalized spacial score (nSPS) is 29.3. The van der Waals surface area contributed by atoms with E-state index in [9.17, 15) is 5.11 Å². The molecule has 0 unspecified atom stereocenters. The second-order valence-electron chi connectivity index (χ2n) is 5.38. The van der Waals surface area contributed by atoms with Gasteiger partial charge in [0.15, 0.2) is 5.75 Å². The number of rotatable bonds is 0. The molecular weight excluding hydrogens is 528 g/mol. The Morgan fingerprint density at radius 1 is 0.517 bits per heavy atom. The van der Waals surface area contributed by atoms with E-state index in [1.54, 1.807) is 0 Å². The molecule has 0 heterocycles. The van der Waals surface area contributed by atoms with Gasteiger partial charge in [0.2, 0.25) is 0 Å². The van der Waals surface area contributed by atoms with Crippen LogP contribution in [0.4, 0.5) is 0 Å². The van der Waals surface area contributed by atoms with Gasteiger partial charge in [-0.15, -0.1) is 0 Å². The number of hydrogen-bond acceptors (Lipinski definition) is 8. The van der Waals surface area contributed by atoms with Crippen LogP contribution in [0, 0.1) is 0 Å². The minimum atomic E-state index is -4.64. The monoisotopic (exact) mass is 542 g/mol. The van der Waals surface area contributed by atoms with Gasteiger partial charge in [-0.1, -0.05) is 58.0 Å². The van der Waals surface area contributed by atoms with E-state index < -0.39 is 44.4 Å². The third kappa shape index (κ3) is 8.41. The fraction of sp³-hybridized carbons (Fsp3) is 0.500. The zero-order chi connectivity index (χ0) is 23.4. The van der Waals surface area contributed by atoms with E-state index in [1.165, 1.54) is 0 Å². The summed E-state index contributed by atoms with van der Waals surface area (Å²) in [7, 11) is -4.64. The molecule has 1 aliphatic carbocycles. The summed E-state index contributed by atoms with van der Waals surface area (Å²) in [6, 6.07) is 0. The first-order valence-electron chi connectivity index (χ1n) is 7.00. The summed E-state index contributed by atoms with van der Waals surface area (Å²) in [5.74, 6) is -0.363. The second-order valence-corrected chi connectivity index (χ2v) is 8.29. The molecule has 17 heteroatoms. The molecule has 0 saturated heterocycles. The van der Waals surface area contributed by atoms with E-state index in [1.807, 2.05) is 0 Å². The number of halogens is 5. The van der Waals surface area contributed by atoms with E-state index in [0.29, 0.717) is 0 Å². The third-order valence-electron chi connectivity index (χ3n) is 3.29. The number of phosphoric acid groups is 1. The molecule has 1 fully saturated rings. The minimum Gasteiger partial charge on any atom is -0.505 e. The van der Waals surface area contributed by atoms with Gasteiger partial charge in [-0.3, -0.25) is 0 Å². The first-order valence-corrected chi connectivity index (χ1v) is 10.5. The van der Waals surface area contributed by atoms with Crippen LogP contribution in [0.1, 0.15) is 0 Å². The van der Waals surface area contributed by atoms with Gasteiger partial charge in [0, 0.05) is 0 Å². The molecule has 0 bridgehead atoms. The Morgan fingerprint density at radius 3 is 0.828 bits per heavy atom. The Balaban J connectivity index is 0.000000442. The zero-order valence-electron chi connectivity index (χ0n) is 13.7. The lowest BCUT2D eigenvalue weighted by atomic mass is 9.85. The van der Waals surface area contributed by atoms with Crippen molar-refractivity contribution in [3.8, 4) is 5.75 Å². The van der Waals surface area contributed by atoms with Crippen molar-refractivity contribution < 1.29 is 55.0 Å². The van der Waals surface area contributed by atoms with Gasteiger partial charge in [-0.2, -0.15) is 0 Å². The lowest BCUT2D eigenvalue weighted by Gasteiger charge is -2.39. The fourth-order valence-corrected chi connectivity index (χ4v) is 2.93. The van der Waals surface area contributed by atoms with E-state index in [4.69, 9.17) is 108 Å². The maximum atomic E-state index is 9.20. The van der Waals surface area contributed by atoms with E-state index in [2.05, 4.69) is 0 Å². The predicted molar refractivity (Wildman–Crippen MR) is 103 cm³/mol. The molecular formula is C12H16Cl5O11P. The molecule has 0 aromatic heterocycles. The maximum absolute atomic E-state index is 9.20. The number of phenolic OH excluding ortho intramolecular Hbond substituents is 1. The Kier molecular flexibility index (Phi) is 12.0. The van der Waals surface area contributed by atoms with Crippen molar-refractivity contribution in [1.29, 1.82) is 0 Å². The van der Waals surface area contributed by atoms with Crippen LogP contribution in [0.25, 0.3) is 0 Å². The van der Waals surface area contributed by atoms with Crippen LogP contribution in [-0.4, -0.2) is 87.0 Å². The Labute approximate surface area is 188 Å². The Hall–Kier alpha value is 0.340. The Morgan fingerprint density at radius 2 is 0.655 bits per heavy atom. The lowest BCUT2D eigenvalue weighted by Crippen LogP contribution is -2.63.